The number of benzene rings is 1. The van der Waals surface area contributed by atoms with Crippen molar-refractivity contribution in [2.24, 2.45) is 0 Å². The molecule has 0 heterocycles. The van der Waals surface area contributed by atoms with Crippen LogP contribution in [0.2, 0.25) is 5.02 Å². The third kappa shape index (κ3) is 3.01. The second kappa shape index (κ2) is 5.87. The number of amides is 1. The van der Waals surface area contributed by atoms with E-state index in [-0.39, 0.29) is 6.54 Å². The minimum absolute atomic E-state index is 0.216. The van der Waals surface area contributed by atoms with E-state index in [4.69, 9.17) is 16.3 Å². The van der Waals surface area contributed by atoms with E-state index < -0.39 is 11.7 Å². The molecule has 0 aromatic heterocycles. The molecule has 1 aromatic carbocycles. The van der Waals surface area contributed by atoms with E-state index >= 15 is 0 Å². The minimum Gasteiger partial charge on any atom is -0.496 e. The number of Topliss-reactive ketones (excluding diaryl/α,β-unsaturated/α-hetero) is 1. The van der Waals surface area contributed by atoms with Gasteiger partial charge in [-0.2, -0.15) is 0 Å². The summed E-state index contributed by atoms with van der Waals surface area (Å²) < 4.78 is 5.26. The fraction of sp³-hybridized carbons (Fsp3) is 0.385. The molecule has 98 valence electrons. The van der Waals surface area contributed by atoms with Crippen LogP contribution in [0.3, 0.4) is 0 Å². The van der Waals surface area contributed by atoms with Crippen LogP contribution in [-0.4, -0.2) is 18.8 Å². The van der Waals surface area contributed by atoms with E-state index in [1.165, 1.54) is 6.92 Å². The minimum atomic E-state index is -0.617. The number of carbonyl (C=O) groups is 2. The van der Waals surface area contributed by atoms with Gasteiger partial charge in [-0.15, -0.1) is 0 Å². The van der Waals surface area contributed by atoms with Gasteiger partial charge in [0.05, 0.1) is 7.11 Å². The van der Waals surface area contributed by atoms with Gasteiger partial charge < -0.3 is 10.1 Å². The smallest absolute Gasteiger partial charge is 0.287 e. The number of nitrogens with one attached hydrogen (secondary N) is 1. The summed E-state index contributed by atoms with van der Waals surface area (Å²) in [6.07, 6.45) is 0. The zero-order valence-electron chi connectivity index (χ0n) is 10.9. The molecule has 0 unspecified atom stereocenters. The van der Waals surface area contributed by atoms with Crippen molar-refractivity contribution in [2.45, 2.75) is 27.3 Å². The molecule has 0 saturated carbocycles. The maximum atomic E-state index is 11.2. The standard InChI is InChI=1S/C13H16ClNO3/c1-7-5-11(18-4)10(8(2)12(7)14)6-15-13(17)9(3)16/h5H,6H2,1-4H3,(H,15,17). The Morgan fingerprint density at radius 2 is 2.00 bits per heavy atom. The average molecular weight is 270 g/mol. The Bertz CT molecular complexity index is 497. The summed E-state index contributed by atoms with van der Waals surface area (Å²) in [4.78, 5) is 22.1. The SMILES string of the molecule is COc1cc(C)c(Cl)c(C)c1CNC(=O)C(C)=O. The lowest BCUT2D eigenvalue weighted by atomic mass is 10.0. The molecule has 0 atom stereocenters. The van der Waals surface area contributed by atoms with Crippen molar-refractivity contribution in [2.75, 3.05) is 7.11 Å². The van der Waals surface area contributed by atoms with Gasteiger partial charge in [0.2, 0.25) is 5.78 Å². The van der Waals surface area contributed by atoms with Crippen LogP contribution in [0.4, 0.5) is 0 Å². The van der Waals surface area contributed by atoms with E-state index in [9.17, 15) is 9.59 Å². The van der Waals surface area contributed by atoms with Crippen LogP contribution in [-0.2, 0) is 16.1 Å². The fourth-order valence-electron chi connectivity index (χ4n) is 1.66. The maximum Gasteiger partial charge on any atom is 0.287 e. The van der Waals surface area contributed by atoms with Gasteiger partial charge in [0.15, 0.2) is 0 Å². The van der Waals surface area contributed by atoms with Gasteiger partial charge in [0, 0.05) is 24.1 Å². The number of ketones is 1. The van der Waals surface area contributed by atoms with Gasteiger partial charge in [-0.3, -0.25) is 9.59 Å². The summed E-state index contributed by atoms with van der Waals surface area (Å²) in [5, 5.41) is 3.18. The van der Waals surface area contributed by atoms with Crippen molar-refractivity contribution in [3.63, 3.8) is 0 Å². The molecule has 0 radical (unpaired) electrons. The van der Waals surface area contributed by atoms with E-state index in [0.717, 1.165) is 16.7 Å². The molecular weight excluding hydrogens is 254 g/mol. The summed E-state index contributed by atoms with van der Waals surface area (Å²) >= 11 is 6.15. The number of carbonyl (C=O) groups excluding carboxylic acids is 2. The molecular formula is C13H16ClNO3. The highest BCUT2D eigenvalue weighted by atomic mass is 35.5. The monoisotopic (exact) mass is 269 g/mol. The average Bonchev–Trinajstić information content (AvgIpc) is 2.33. The number of ether oxygens (including phenoxy) is 1. The van der Waals surface area contributed by atoms with E-state index in [0.29, 0.717) is 10.8 Å². The zero-order valence-corrected chi connectivity index (χ0v) is 11.6. The second-order valence-corrected chi connectivity index (χ2v) is 4.43. The molecule has 0 aliphatic heterocycles. The Kier molecular flexibility index (Phi) is 4.73. The predicted molar refractivity (Wildman–Crippen MR) is 70.0 cm³/mol. The van der Waals surface area contributed by atoms with Crippen LogP contribution < -0.4 is 10.1 Å². The second-order valence-electron chi connectivity index (χ2n) is 4.05. The van der Waals surface area contributed by atoms with Crippen molar-refractivity contribution < 1.29 is 14.3 Å². The van der Waals surface area contributed by atoms with Gasteiger partial charge in [-0.05, 0) is 31.0 Å². The van der Waals surface area contributed by atoms with Gasteiger partial charge in [0.1, 0.15) is 5.75 Å². The number of hydrogen-bond acceptors (Lipinski definition) is 3. The lowest BCUT2D eigenvalue weighted by Gasteiger charge is -2.15. The topological polar surface area (TPSA) is 55.4 Å². The van der Waals surface area contributed by atoms with Crippen molar-refractivity contribution in [3.05, 3.63) is 27.8 Å². The van der Waals surface area contributed by atoms with Gasteiger partial charge in [-0.1, -0.05) is 11.6 Å². The maximum absolute atomic E-state index is 11.2. The molecule has 0 spiro atoms. The summed E-state index contributed by atoms with van der Waals surface area (Å²) in [7, 11) is 1.55. The van der Waals surface area contributed by atoms with Crippen molar-refractivity contribution in [1.82, 2.24) is 5.32 Å². The van der Waals surface area contributed by atoms with Crippen LogP contribution in [0.15, 0.2) is 6.07 Å². The van der Waals surface area contributed by atoms with E-state index in [1.807, 2.05) is 19.9 Å². The number of rotatable bonds is 4. The first-order chi connectivity index (χ1) is 8.38. The molecule has 1 N–H and O–H groups in total. The van der Waals surface area contributed by atoms with Gasteiger partial charge in [-0.25, -0.2) is 0 Å². The molecule has 0 saturated heterocycles. The highest BCUT2D eigenvalue weighted by Gasteiger charge is 2.14. The van der Waals surface area contributed by atoms with Crippen LogP contribution in [0.25, 0.3) is 0 Å². The molecule has 0 bridgehead atoms. The molecule has 0 aliphatic rings. The summed E-state index contributed by atoms with van der Waals surface area (Å²) in [5.74, 6) is -0.490. The lowest BCUT2D eigenvalue weighted by molar-refractivity contribution is -0.136. The number of hydrogen-bond donors (Lipinski definition) is 1. The first-order valence-corrected chi connectivity index (χ1v) is 5.87. The molecule has 0 fully saturated rings. The van der Waals surface area contributed by atoms with Crippen LogP contribution in [0.5, 0.6) is 5.75 Å². The summed E-state index contributed by atoms with van der Waals surface area (Å²) in [5.41, 5.74) is 2.53. The van der Waals surface area contributed by atoms with Crippen LogP contribution >= 0.6 is 11.6 Å². The molecule has 4 nitrogen and oxygen atoms in total. The largest absolute Gasteiger partial charge is 0.496 e. The Hall–Kier alpha value is -1.55. The van der Waals surface area contributed by atoms with Crippen LogP contribution in [0, 0.1) is 13.8 Å². The molecule has 5 heteroatoms. The first-order valence-electron chi connectivity index (χ1n) is 5.49. The third-order valence-corrected chi connectivity index (χ3v) is 3.32. The van der Waals surface area contributed by atoms with E-state index in [2.05, 4.69) is 5.32 Å². The molecule has 1 aromatic rings. The molecule has 1 amide bonds. The highest BCUT2D eigenvalue weighted by Crippen LogP contribution is 2.31. The van der Waals surface area contributed by atoms with Gasteiger partial charge in [0.25, 0.3) is 5.91 Å². The number of aryl methyl sites for hydroxylation is 1. The van der Waals surface area contributed by atoms with Crippen molar-refractivity contribution in [3.8, 4) is 5.75 Å². The highest BCUT2D eigenvalue weighted by molar-refractivity contribution is 6.35. The van der Waals surface area contributed by atoms with Crippen molar-refractivity contribution in [1.29, 1.82) is 0 Å². The number of methoxy groups -OCH3 is 1. The van der Waals surface area contributed by atoms with Crippen LogP contribution in [0.1, 0.15) is 23.6 Å². The first kappa shape index (κ1) is 14.5. The van der Waals surface area contributed by atoms with E-state index in [1.54, 1.807) is 7.11 Å². The summed E-state index contributed by atoms with van der Waals surface area (Å²) in [6.45, 7) is 5.18. The molecule has 18 heavy (non-hydrogen) atoms. The Balaban J connectivity index is 3.04. The number of halogens is 1. The molecule has 1 rings (SSSR count). The lowest BCUT2D eigenvalue weighted by Crippen LogP contribution is -2.29. The normalized spacial score (nSPS) is 10.1. The summed E-state index contributed by atoms with van der Waals surface area (Å²) in [6, 6.07) is 1.81. The fourth-order valence-corrected chi connectivity index (χ4v) is 1.82. The predicted octanol–water partition coefficient (Wildman–Crippen LogP) is 2.17. The molecule has 0 aliphatic carbocycles. The Morgan fingerprint density at radius 1 is 1.39 bits per heavy atom. The Morgan fingerprint density at radius 3 is 2.50 bits per heavy atom. The Labute approximate surface area is 111 Å². The quantitative estimate of drug-likeness (QED) is 0.853. The van der Waals surface area contributed by atoms with Gasteiger partial charge >= 0.3 is 0 Å². The third-order valence-electron chi connectivity index (χ3n) is 2.74. The van der Waals surface area contributed by atoms with Crippen molar-refractivity contribution >= 4 is 23.3 Å². The zero-order chi connectivity index (χ0) is 13.9.